The highest BCUT2D eigenvalue weighted by Crippen LogP contribution is 2.18. The van der Waals surface area contributed by atoms with Crippen LogP contribution >= 0.6 is 0 Å². The number of nitriles is 1. The number of hydrogen-bond acceptors (Lipinski definition) is 4. The summed E-state index contributed by atoms with van der Waals surface area (Å²) in [4.78, 5) is 0. The first-order valence-corrected chi connectivity index (χ1v) is 8.63. The molecule has 1 aromatic carbocycles. The molecule has 1 heterocycles. The van der Waals surface area contributed by atoms with Gasteiger partial charge in [-0.2, -0.15) is 5.26 Å². The summed E-state index contributed by atoms with van der Waals surface area (Å²) in [6.45, 7) is 1.86. The summed E-state index contributed by atoms with van der Waals surface area (Å²) in [5.41, 5.74) is 0.960. The van der Waals surface area contributed by atoms with Crippen molar-refractivity contribution in [2.24, 2.45) is 5.92 Å². The van der Waals surface area contributed by atoms with E-state index in [9.17, 15) is 8.42 Å². The van der Waals surface area contributed by atoms with Crippen molar-refractivity contribution in [3.8, 4) is 6.07 Å². The Morgan fingerprint density at radius 2 is 2.19 bits per heavy atom. The average molecular weight is 308 g/mol. The highest BCUT2D eigenvalue weighted by molar-refractivity contribution is 7.88. The molecule has 1 fully saturated rings. The van der Waals surface area contributed by atoms with Gasteiger partial charge in [-0.25, -0.2) is 12.7 Å². The molecule has 6 heteroatoms. The van der Waals surface area contributed by atoms with E-state index in [2.05, 4.69) is 0 Å². The van der Waals surface area contributed by atoms with Gasteiger partial charge in [0.25, 0.3) is 0 Å². The smallest absolute Gasteiger partial charge is 0.218 e. The molecular formula is C15H20N2O3S. The molecule has 0 aliphatic carbocycles. The van der Waals surface area contributed by atoms with Crippen LogP contribution in [0.1, 0.15) is 24.0 Å². The fourth-order valence-corrected chi connectivity index (χ4v) is 3.79. The van der Waals surface area contributed by atoms with Crippen molar-refractivity contribution in [1.82, 2.24) is 4.31 Å². The van der Waals surface area contributed by atoms with Gasteiger partial charge in [-0.3, -0.25) is 0 Å². The minimum absolute atomic E-state index is 0.138. The van der Waals surface area contributed by atoms with E-state index in [0.29, 0.717) is 24.3 Å². The largest absolute Gasteiger partial charge is 0.381 e. The zero-order valence-corrected chi connectivity index (χ0v) is 13.0. The van der Waals surface area contributed by atoms with Crippen LogP contribution in [0.2, 0.25) is 0 Å². The fourth-order valence-electron chi connectivity index (χ4n) is 2.49. The zero-order valence-electron chi connectivity index (χ0n) is 12.2. The molecule has 0 radical (unpaired) electrons. The molecule has 2 rings (SSSR count). The van der Waals surface area contributed by atoms with Crippen LogP contribution in [-0.2, 0) is 20.5 Å². The molecule has 114 valence electrons. The Morgan fingerprint density at radius 1 is 1.43 bits per heavy atom. The third kappa shape index (κ3) is 4.27. The van der Waals surface area contributed by atoms with Crippen molar-refractivity contribution < 1.29 is 13.2 Å². The highest BCUT2D eigenvalue weighted by Gasteiger charge is 2.24. The first-order chi connectivity index (χ1) is 10.0. The van der Waals surface area contributed by atoms with Crippen molar-refractivity contribution in [3.63, 3.8) is 0 Å². The molecule has 0 N–H and O–H groups in total. The highest BCUT2D eigenvalue weighted by atomic mass is 32.2. The predicted octanol–water partition coefficient (Wildman–Crippen LogP) is 1.75. The van der Waals surface area contributed by atoms with Gasteiger partial charge in [-0.05, 0) is 30.4 Å². The lowest BCUT2D eigenvalue weighted by Gasteiger charge is -2.26. The van der Waals surface area contributed by atoms with Crippen molar-refractivity contribution in [3.05, 3.63) is 35.4 Å². The van der Waals surface area contributed by atoms with E-state index in [1.54, 1.807) is 31.3 Å². The van der Waals surface area contributed by atoms with Gasteiger partial charge in [0.05, 0.1) is 24.0 Å². The molecule has 1 unspecified atom stereocenters. The Balaban J connectivity index is 2.05. The molecule has 0 spiro atoms. The summed E-state index contributed by atoms with van der Waals surface area (Å²) in [6.07, 6.45) is 1.98. The Morgan fingerprint density at radius 3 is 2.86 bits per heavy atom. The second-order valence-corrected chi connectivity index (χ2v) is 7.46. The van der Waals surface area contributed by atoms with E-state index in [-0.39, 0.29) is 11.7 Å². The Bertz CT molecular complexity index is 616. The maximum absolute atomic E-state index is 12.4. The van der Waals surface area contributed by atoms with E-state index < -0.39 is 10.0 Å². The van der Waals surface area contributed by atoms with Crippen LogP contribution in [-0.4, -0.2) is 39.5 Å². The number of nitrogens with zero attached hydrogens (tertiary/aromatic N) is 2. The van der Waals surface area contributed by atoms with Crippen LogP contribution < -0.4 is 0 Å². The number of hydrogen-bond donors (Lipinski definition) is 0. The van der Waals surface area contributed by atoms with E-state index >= 15 is 0 Å². The van der Waals surface area contributed by atoms with E-state index in [4.69, 9.17) is 10.00 Å². The molecule has 1 aliphatic rings. The van der Waals surface area contributed by atoms with E-state index in [1.807, 2.05) is 6.07 Å². The first kappa shape index (κ1) is 16.0. The maximum atomic E-state index is 12.4. The molecule has 0 saturated carbocycles. The Kier molecular flexibility index (Phi) is 5.34. The second-order valence-electron chi connectivity index (χ2n) is 5.39. The Labute approximate surface area is 126 Å². The minimum Gasteiger partial charge on any atom is -0.381 e. The van der Waals surface area contributed by atoms with Crippen molar-refractivity contribution in [2.45, 2.75) is 18.6 Å². The number of rotatable bonds is 5. The molecule has 0 aromatic heterocycles. The van der Waals surface area contributed by atoms with E-state index in [0.717, 1.165) is 19.4 Å². The van der Waals surface area contributed by atoms with Gasteiger partial charge >= 0.3 is 0 Å². The lowest BCUT2D eigenvalue weighted by Crippen LogP contribution is -2.35. The van der Waals surface area contributed by atoms with Crippen LogP contribution in [0, 0.1) is 17.2 Å². The average Bonchev–Trinajstić information content (AvgIpc) is 2.48. The lowest BCUT2D eigenvalue weighted by molar-refractivity contribution is 0.0495. The summed E-state index contributed by atoms with van der Waals surface area (Å²) >= 11 is 0. The van der Waals surface area contributed by atoms with Crippen LogP contribution in [0.5, 0.6) is 0 Å². The van der Waals surface area contributed by atoms with Gasteiger partial charge in [0.15, 0.2) is 0 Å². The van der Waals surface area contributed by atoms with Crippen molar-refractivity contribution >= 4 is 10.0 Å². The summed E-state index contributed by atoms with van der Waals surface area (Å²) in [7, 11) is -1.82. The maximum Gasteiger partial charge on any atom is 0.218 e. The third-order valence-electron chi connectivity index (χ3n) is 3.72. The molecular weight excluding hydrogens is 288 g/mol. The van der Waals surface area contributed by atoms with Gasteiger partial charge in [0, 0.05) is 20.2 Å². The van der Waals surface area contributed by atoms with Gasteiger partial charge in [-0.1, -0.05) is 18.2 Å². The monoisotopic (exact) mass is 308 g/mol. The molecule has 1 saturated heterocycles. The first-order valence-electron chi connectivity index (χ1n) is 7.02. The number of ether oxygens (including phenoxy) is 1. The SMILES string of the molecule is CN(CC1CCCOC1)S(=O)(=O)Cc1ccccc1C#N. The fraction of sp³-hybridized carbons (Fsp3) is 0.533. The zero-order chi connectivity index (χ0) is 15.3. The molecule has 21 heavy (non-hydrogen) atoms. The van der Waals surface area contributed by atoms with Crippen LogP contribution in [0.15, 0.2) is 24.3 Å². The predicted molar refractivity (Wildman–Crippen MR) is 80.0 cm³/mol. The lowest BCUT2D eigenvalue weighted by atomic mass is 10.0. The molecule has 0 bridgehead atoms. The molecule has 1 atom stereocenters. The van der Waals surface area contributed by atoms with Crippen LogP contribution in [0.3, 0.4) is 0 Å². The summed E-state index contributed by atoms with van der Waals surface area (Å²) in [6, 6.07) is 8.85. The quantitative estimate of drug-likeness (QED) is 0.831. The molecule has 1 aromatic rings. The minimum atomic E-state index is -3.42. The van der Waals surface area contributed by atoms with Gasteiger partial charge in [-0.15, -0.1) is 0 Å². The summed E-state index contributed by atoms with van der Waals surface area (Å²) in [5.74, 6) is 0.116. The van der Waals surface area contributed by atoms with E-state index in [1.165, 1.54) is 4.31 Å². The topological polar surface area (TPSA) is 70.4 Å². The Hall–Kier alpha value is -1.42. The molecule has 5 nitrogen and oxygen atoms in total. The van der Waals surface area contributed by atoms with Crippen LogP contribution in [0.25, 0.3) is 0 Å². The summed E-state index contributed by atoms with van der Waals surface area (Å²) < 4.78 is 31.6. The third-order valence-corrected chi connectivity index (χ3v) is 5.50. The molecule has 1 aliphatic heterocycles. The second kappa shape index (κ2) is 7.03. The van der Waals surface area contributed by atoms with Gasteiger partial charge < -0.3 is 4.74 Å². The van der Waals surface area contributed by atoms with Crippen molar-refractivity contribution in [2.75, 3.05) is 26.8 Å². The van der Waals surface area contributed by atoms with Gasteiger partial charge in [0.2, 0.25) is 10.0 Å². The number of sulfonamides is 1. The van der Waals surface area contributed by atoms with Crippen LogP contribution in [0.4, 0.5) is 0 Å². The van der Waals surface area contributed by atoms with Crippen molar-refractivity contribution in [1.29, 1.82) is 5.26 Å². The normalized spacial score (nSPS) is 19.4. The summed E-state index contributed by atoms with van der Waals surface area (Å²) in [5, 5.41) is 9.04. The van der Waals surface area contributed by atoms with Gasteiger partial charge in [0.1, 0.15) is 0 Å². The standard InChI is InChI=1S/C15H20N2O3S/c1-17(10-13-5-4-8-20-11-13)21(18,19)12-15-7-3-2-6-14(15)9-16/h2-3,6-7,13H,4-5,8,10-12H2,1H3. The number of benzene rings is 1. The molecule has 0 amide bonds.